The first-order valence-corrected chi connectivity index (χ1v) is 4.41. The highest BCUT2D eigenvalue weighted by atomic mass is 16.4. The molecule has 0 atom stereocenters. The van der Waals surface area contributed by atoms with Gasteiger partial charge in [-0.2, -0.15) is 5.10 Å². The minimum absolute atomic E-state index is 0.0774. The van der Waals surface area contributed by atoms with E-state index in [1.165, 1.54) is 10.6 Å². The zero-order valence-corrected chi connectivity index (χ0v) is 8.14. The van der Waals surface area contributed by atoms with Crippen LogP contribution in [-0.4, -0.2) is 25.7 Å². The molecule has 2 rings (SSSR count). The minimum Gasteiger partial charge on any atom is -0.477 e. The SMILES string of the molecule is Cc1cnn2c(C(=O)O)cc(CN)nc12. The van der Waals surface area contributed by atoms with E-state index in [1.54, 1.807) is 6.20 Å². The van der Waals surface area contributed by atoms with Gasteiger partial charge >= 0.3 is 5.97 Å². The van der Waals surface area contributed by atoms with E-state index < -0.39 is 5.97 Å². The van der Waals surface area contributed by atoms with Crippen molar-refractivity contribution in [2.75, 3.05) is 0 Å². The first-order chi connectivity index (χ1) is 7.13. The third-order valence-corrected chi connectivity index (χ3v) is 2.13. The fourth-order valence-corrected chi connectivity index (χ4v) is 1.38. The van der Waals surface area contributed by atoms with Gasteiger partial charge in [-0.15, -0.1) is 0 Å². The topological polar surface area (TPSA) is 93.5 Å². The number of aromatic carboxylic acids is 1. The lowest BCUT2D eigenvalue weighted by Crippen LogP contribution is -2.11. The van der Waals surface area contributed by atoms with Gasteiger partial charge in [0.25, 0.3) is 0 Å². The summed E-state index contributed by atoms with van der Waals surface area (Å²) in [6, 6.07) is 1.43. The molecule has 0 saturated carbocycles. The van der Waals surface area contributed by atoms with Crippen molar-refractivity contribution in [1.82, 2.24) is 14.6 Å². The largest absolute Gasteiger partial charge is 0.477 e. The smallest absolute Gasteiger partial charge is 0.354 e. The lowest BCUT2D eigenvalue weighted by molar-refractivity contribution is 0.0687. The molecule has 6 heteroatoms. The Kier molecular flexibility index (Phi) is 2.12. The lowest BCUT2D eigenvalue weighted by Gasteiger charge is -2.02. The molecule has 0 aliphatic heterocycles. The average Bonchev–Trinajstić information content (AvgIpc) is 2.59. The number of hydrogen-bond donors (Lipinski definition) is 2. The van der Waals surface area contributed by atoms with E-state index in [0.29, 0.717) is 11.3 Å². The summed E-state index contributed by atoms with van der Waals surface area (Å²) < 4.78 is 1.30. The van der Waals surface area contributed by atoms with Crippen molar-refractivity contribution in [1.29, 1.82) is 0 Å². The number of rotatable bonds is 2. The monoisotopic (exact) mass is 206 g/mol. The second-order valence-corrected chi connectivity index (χ2v) is 3.20. The van der Waals surface area contributed by atoms with Crippen molar-refractivity contribution in [2.45, 2.75) is 13.5 Å². The third-order valence-electron chi connectivity index (χ3n) is 2.13. The van der Waals surface area contributed by atoms with E-state index in [-0.39, 0.29) is 12.2 Å². The summed E-state index contributed by atoms with van der Waals surface area (Å²) in [4.78, 5) is 15.2. The molecule has 0 spiro atoms. The van der Waals surface area contributed by atoms with Crippen LogP contribution in [0.25, 0.3) is 5.65 Å². The van der Waals surface area contributed by atoms with Gasteiger partial charge < -0.3 is 10.8 Å². The summed E-state index contributed by atoms with van der Waals surface area (Å²) in [5.41, 5.74) is 7.43. The predicted molar refractivity (Wildman–Crippen MR) is 52.6 cm³/mol. The van der Waals surface area contributed by atoms with Crippen molar-refractivity contribution in [3.63, 3.8) is 0 Å². The summed E-state index contributed by atoms with van der Waals surface area (Å²) in [6.45, 7) is 2.03. The number of nitrogens with two attached hydrogens (primary N) is 1. The van der Waals surface area contributed by atoms with E-state index in [9.17, 15) is 4.79 Å². The fourth-order valence-electron chi connectivity index (χ4n) is 1.38. The van der Waals surface area contributed by atoms with Crippen molar-refractivity contribution < 1.29 is 9.90 Å². The Labute approximate surface area is 85.3 Å². The Bertz CT molecular complexity index is 532. The minimum atomic E-state index is -1.04. The van der Waals surface area contributed by atoms with Crippen LogP contribution in [0, 0.1) is 6.92 Å². The number of carbonyl (C=O) groups is 1. The highest BCUT2D eigenvalue weighted by Gasteiger charge is 2.13. The Balaban J connectivity index is 2.82. The number of aryl methyl sites for hydroxylation is 1. The molecule has 0 aliphatic rings. The quantitative estimate of drug-likeness (QED) is 0.731. The van der Waals surface area contributed by atoms with Gasteiger partial charge in [-0.1, -0.05) is 0 Å². The standard InChI is InChI=1S/C9H10N4O2/c1-5-4-11-13-7(9(14)15)2-6(3-10)12-8(5)13/h2,4H,3,10H2,1H3,(H,14,15). The summed E-state index contributed by atoms with van der Waals surface area (Å²) in [7, 11) is 0. The molecule has 2 heterocycles. The number of aromatic nitrogens is 3. The number of fused-ring (bicyclic) bond motifs is 1. The molecule has 6 nitrogen and oxygen atoms in total. The Morgan fingerprint density at radius 3 is 3.00 bits per heavy atom. The van der Waals surface area contributed by atoms with Crippen LogP contribution in [0.3, 0.4) is 0 Å². The molecule has 15 heavy (non-hydrogen) atoms. The van der Waals surface area contributed by atoms with E-state index in [0.717, 1.165) is 5.56 Å². The van der Waals surface area contributed by atoms with Crippen LogP contribution in [-0.2, 0) is 6.54 Å². The molecule has 0 aliphatic carbocycles. The molecular weight excluding hydrogens is 196 g/mol. The number of nitrogens with zero attached hydrogens (tertiary/aromatic N) is 3. The number of carboxylic acids is 1. The van der Waals surface area contributed by atoms with E-state index in [2.05, 4.69) is 10.1 Å². The predicted octanol–water partition coefficient (Wildman–Crippen LogP) is 0.195. The molecule has 2 aromatic rings. The second-order valence-electron chi connectivity index (χ2n) is 3.20. The van der Waals surface area contributed by atoms with Crippen LogP contribution in [0.1, 0.15) is 21.7 Å². The van der Waals surface area contributed by atoms with Crippen LogP contribution in [0.4, 0.5) is 0 Å². The van der Waals surface area contributed by atoms with Gasteiger partial charge in [0.15, 0.2) is 11.3 Å². The van der Waals surface area contributed by atoms with Gasteiger partial charge in [0.05, 0.1) is 11.9 Å². The van der Waals surface area contributed by atoms with Gasteiger partial charge in [0.2, 0.25) is 0 Å². The average molecular weight is 206 g/mol. The lowest BCUT2D eigenvalue weighted by atomic mass is 10.3. The molecule has 0 radical (unpaired) electrons. The molecule has 0 bridgehead atoms. The highest BCUT2D eigenvalue weighted by molar-refractivity contribution is 5.86. The zero-order valence-electron chi connectivity index (χ0n) is 8.14. The first kappa shape index (κ1) is 9.60. The van der Waals surface area contributed by atoms with E-state index in [1.807, 2.05) is 6.92 Å². The van der Waals surface area contributed by atoms with Crippen molar-refractivity contribution >= 4 is 11.6 Å². The zero-order chi connectivity index (χ0) is 11.0. The van der Waals surface area contributed by atoms with Gasteiger partial charge in [0.1, 0.15) is 0 Å². The molecule has 0 aromatic carbocycles. The molecule has 2 aromatic heterocycles. The number of carboxylic acid groups (broad SMARTS) is 1. The third kappa shape index (κ3) is 1.44. The molecule has 0 saturated heterocycles. The fraction of sp³-hybridized carbons (Fsp3) is 0.222. The molecule has 0 fully saturated rings. The highest BCUT2D eigenvalue weighted by Crippen LogP contribution is 2.11. The summed E-state index contributed by atoms with van der Waals surface area (Å²) >= 11 is 0. The van der Waals surface area contributed by atoms with Crippen LogP contribution in [0.15, 0.2) is 12.3 Å². The molecular formula is C9H10N4O2. The summed E-state index contributed by atoms with van der Waals surface area (Å²) in [5, 5.41) is 12.9. The maximum Gasteiger partial charge on any atom is 0.354 e. The Hall–Kier alpha value is -1.95. The van der Waals surface area contributed by atoms with E-state index >= 15 is 0 Å². The molecule has 3 N–H and O–H groups in total. The Morgan fingerprint density at radius 2 is 2.40 bits per heavy atom. The summed E-state index contributed by atoms with van der Waals surface area (Å²) in [6.07, 6.45) is 1.58. The van der Waals surface area contributed by atoms with Crippen molar-refractivity contribution in [3.05, 3.63) is 29.2 Å². The van der Waals surface area contributed by atoms with Gasteiger partial charge in [-0.25, -0.2) is 14.3 Å². The number of hydrogen-bond acceptors (Lipinski definition) is 4. The molecule has 78 valence electrons. The maximum absolute atomic E-state index is 11.0. The molecule has 0 amide bonds. The van der Waals surface area contributed by atoms with Crippen LogP contribution < -0.4 is 5.73 Å². The van der Waals surface area contributed by atoms with Gasteiger partial charge in [-0.05, 0) is 13.0 Å². The maximum atomic E-state index is 11.0. The molecule has 0 unspecified atom stereocenters. The van der Waals surface area contributed by atoms with Crippen LogP contribution >= 0.6 is 0 Å². The normalized spacial score (nSPS) is 10.8. The van der Waals surface area contributed by atoms with Crippen molar-refractivity contribution in [2.24, 2.45) is 5.73 Å². The van der Waals surface area contributed by atoms with Crippen molar-refractivity contribution in [3.8, 4) is 0 Å². The Morgan fingerprint density at radius 1 is 1.67 bits per heavy atom. The van der Waals surface area contributed by atoms with Gasteiger partial charge in [0, 0.05) is 12.1 Å². The summed E-state index contributed by atoms with van der Waals surface area (Å²) in [5.74, 6) is -1.04. The van der Waals surface area contributed by atoms with Crippen LogP contribution in [0.2, 0.25) is 0 Å². The van der Waals surface area contributed by atoms with E-state index in [4.69, 9.17) is 10.8 Å². The van der Waals surface area contributed by atoms with Crippen LogP contribution in [0.5, 0.6) is 0 Å². The second kappa shape index (κ2) is 3.32. The first-order valence-electron chi connectivity index (χ1n) is 4.41. The van der Waals surface area contributed by atoms with Gasteiger partial charge in [-0.3, -0.25) is 0 Å².